The highest BCUT2D eigenvalue weighted by atomic mass is 16.5. The van der Waals surface area contributed by atoms with Crippen LogP contribution in [-0.2, 0) is 9.47 Å². The van der Waals surface area contributed by atoms with Crippen molar-refractivity contribution in [2.75, 3.05) is 20.8 Å². The van der Waals surface area contributed by atoms with E-state index in [0.29, 0.717) is 6.10 Å². The monoisotopic (exact) mass is 226 g/mol. The molecule has 0 aromatic heterocycles. The molecule has 2 heteroatoms. The standard InChI is InChI=1S/C8H14O.C6H12O/c1-9-7-6-8-4-2-3-5-8;1-7-6-4-2-3-5-6/h2-3,8H,4-7H2,1H3;6H,2-5H2,1H3. The van der Waals surface area contributed by atoms with Crippen molar-refractivity contribution in [1.29, 1.82) is 0 Å². The molecule has 0 unspecified atom stereocenters. The van der Waals surface area contributed by atoms with Gasteiger partial charge in [-0.3, -0.25) is 0 Å². The predicted octanol–water partition coefficient (Wildman–Crippen LogP) is 3.56. The molecule has 0 N–H and O–H groups in total. The zero-order chi connectivity index (χ0) is 11.6. The maximum atomic E-state index is 5.11. The molecule has 0 bridgehead atoms. The van der Waals surface area contributed by atoms with Crippen LogP contribution < -0.4 is 0 Å². The molecule has 0 aromatic carbocycles. The summed E-state index contributed by atoms with van der Waals surface area (Å²) in [4.78, 5) is 0. The summed E-state index contributed by atoms with van der Waals surface area (Å²) in [5.74, 6) is 0.880. The molecular formula is C14H26O2. The number of rotatable bonds is 4. The van der Waals surface area contributed by atoms with Crippen LogP contribution in [0.1, 0.15) is 44.9 Å². The third-order valence-electron chi connectivity index (χ3n) is 3.47. The Morgan fingerprint density at radius 3 is 2.12 bits per heavy atom. The lowest BCUT2D eigenvalue weighted by Crippen LogP contribution is -2.01. The van der Waals surface area contributed by atoms with Crippen molar-refractivity contribution in [3.63, 3.8) is 0 Å². The Labute approximate surface area is 100 Å². The highest BCUT2D eigenvalue weighted by Crippen LogP contribution is 2.20. The second kappa shape index (κ2) is 8.77. The third-order valence-corrected chi connectivity index (χ3v) is 3.47. The summed E-state index contributed by atoms with van der Waals surface area (Å²) in [6, 6.07) is 0. The SMILES string of the molecule is COC1CCCC1.COCCC1CC=CC1. The largest absolute Gasteiger partial charge is 0.385 e. The van der Waals surface area contributed by atoms with Gasteiger partial charge in [0.05, 0.1) is 6.10 Å². The summed E-state index contributed by atoms with van der Waals surface area (Å²) in [6.07, 6.45) is 14.2. The Hall–Kier alpha value is -0.340. The summed E-state index contributed by atoms with van der Waals surface area (Å²) >= 11 is 0. The van der Waals surface area contributed by atoms with Crippen LogP contribution in [-0.4, -0.2) is 26.9 Å². The normalized spacial score (nSPS) is 21.1. The first kappa shape index (κ1) is 13.7. The van der Waals surface area contributed by atoms with Gasteiger partial charge in [0, 0.05) is 20.8 Å². The molecule has 0 atom stereocenters. The maximum absolute atomic E-state index is 5.11. The molecular weight excluding hydrogens is 200 g/mol. The molecule has 0 heterocycles. The molecule has 2 nitrogen and oxygen atoms in total. The third kappa shape index (κ3) is 5.66. The smallest absolute Gasteiger partial charge is 0.0571 e. The highest BCUT2D eigenvalue weighted by molar-refractivity contribution is 4.93. The average Bonchev–Trinajstić information content (AvgIpc) is 3.00. The second-order valence-electron chi connectivity index (χ2n) is 4.73. The Morgan fingerprint density at radius 2 is 1.69 bits per heavy atom. The topological polar surface area (TPSA) is 18.5 Å². The number of methoxy groups -OCH3 is 2. The summed E-state index contributed by atoms with van der Waals surface area (Å²) in [5, 5.41) is 0. The van der Waals surface area contributed by atoms with Crippen LogP contribution in [0.5, 0.6) is 0 Å². The quantitative estimate of drug-likeness (QED) is 0.682. The first-order chi connectivity index (χ1) is 7.86. The minimum absolute atomic E-state index is 0.597. The van der Waals surface area contributed by atoms with Gasteiger partial charge in [-0.1, -0.05) is 25.0 Å². The van der Waals surface area contributed by atoms with E-state index < -0.39 is 0 Å². The summed E-state index contributed by atoms with van der Waals surface area (Å²) in [6.45, 7) is 0.923. The number of hydrogen-bond acceptors (Lipinski definition) is 2. The Balaban J connectivity index is 0.000000165. The average molecular weight is 226 g/mol. The molecule has 94 valence electrons. The van der Waals surface area contributed by atoms with Crippen LogP contribution in [0.2, 0.25) is 0 Å². The Bertz CT molecular complexity index is 175. The fourth-order valence-electron chi connectivity index (χ4n) is 2.32. The zero-order valence-electron chi connectivity index (χ0n) is 10.8. The molecule has 0 radical (unpaired) electrons. The van der Waals surface area contributed by atoms with E-state index >= 15 is 0 Å². The number of hydrogen-bond donors (Lipinski definition) is 0. The van der Waals surface area contributed by atoms with E-state index in [1.165, 1.54) is 44.9 Å². The van der Waals surface area contributed by atoms with Crippen LogP contribution in [0.3, 0.4) is 0 Å². The Kier molecular flexibility index (Phi) is 7.52. The number of ether oxygens (including phenoxy) is 2. The minimum Gasteiger partial charge on any atom is -0.385 e. The first-order valence-corrected chi connectivity index (χ1v) is 6.53. The van der Waals surface area contributed by atoms with Crippen LogP contribution in [0.15, 0.2) is 12.2 Å². The second-order valence-corrected chi connectivity index (χ2v) is 4.73. The van der Waals surface area contributed by atoms with Crippen molar-refractivity contribution in [2.24, 2.45) is 5.92 Å². The first-order valence-electron chi connectivity index (χ1n) is 6.53. The van der Waals surface area contributed by atoms with E-state index in [1.807, 2.05) is 0 Å². The van der Waals surface area contributed by atoms with Crippen molar-refractivity contribution in [1.82, 2.24) is 0 Å². The van der Waals surface area contributed by atoms with Gasteiger partial charge in [-0.2, -0.15) is 0 Å². The molecule has 16 heavy (non-hydrogen) atoms. The Morgan fingerprint density at radius 1 is 1.06 bits per heavy atom. The summed E-state index contributed by atoms with van der Waals surface area (Å²) < 4.78 is 10.1. The molecule has 2 aliphatic rings. The van der Waals surface area contributed by atoms with E-state index in [-0.39, 0.29) is 0 Å². The van der Waals surface area contributed by atoms with Crippen LogP contribution in [0, 0.1) is 5.92 Å². The molecule has 0 saturated heterocycles. The summed E-state index contributed by atoms with van der Waals surface area (Å²) in [7, 11) is 3.57. The van der Waals surface area contributed by atoms with E-state index in [1.54, 1.807) is 14.2 Å². The van der Waals surface area contributed by atoms with Gasteiger partial charge in [-0.05, 0) is 38.0 Å². The van der Waals surface area contributed by atoms with Crippen LogP contribution in [0.25, 0.3) is 0 Å². The molecule has 2 rings (SSSR count). The lowest BCUT2D eigenvalue weighted by Gasteiger charge is -2.05. The van der Waals surface area contributed by atoms with Crippen LogP contribution in [0.4, 0.5) is 0 Å². The lowest BCUT2D eigenvalue weighted by molar-refractivity contribution is 0.109. The van der Waals surface area contributed by atoms with Crippen molar-refractivity contribution in [2.45, 2.75) is 51.0 Å². The van der Waals surface area contributed by atoms with Gasteiger partial charge in [0.15, 0.2) is 0 Å². The van der Waals surface area contributed by atoms with Crippen molar-refractivity contribution >= 4 is 0 Å². The highest BCUT2D eigenvalue weighted by Gasteiger charge is 2.12. The van der Waals surface area contributed by atoms with Gasteiger partial charge < -0.3 is 9.47 Å². The van der Waals surface area contributed by atoms with Gasteiger partial charge in [-0.25, -0.2) is 0 Å². The van der Waals surface area contributed by atoms with Crippen molar-refractivity contribution < 1.29 is 9.47 Å². The van der Waals surface area contributed by atoms with E-state index in [9.17, 15) is 0 Å². The van der Waals surface area contributed by atoms with E-state index in [4.69, 9.17) is 9.47 Å². The fraction of sp³-hybridized carbons (Fsp3) is 0.857. The number of allylic oxidation sites excluding steroid dienone is 2. The van der Waals surface area contributed by atoms with Gasteiger partial charge in [0.2, 0.25) is 0 Å². The molecule has 1 saturated carbocycles. The minimum atomic E-state index is 0.597. The predicted molar refractivity (Wildman–Crippen MR) is 67.6 cm³/mol. The van der Waals surface area contributed by atoms with E-state index in [2.05, 4.69) is 12.2 Å². The maximum Gasteiger partial charge on any atom is 0.0571 e. The van der Waals surface area contributed by atoms with Crippen molar-refractivity contribution in [3.8, 4) is 0 Å². The molecule has 0 aromatic rings. The molecule has 0 amide bonds. The molecule has 0 spiro atoms. The van der Waals surface area contributed by atoms with Gasteiger partial charge in [-0.15, -0.1) is 0 Å². The van der Waals surface area contributed by atoms with Gasteiger partial charge >= 0.3 is 0 Å². The zero-order valence-corrected chi connectivity index (χ0v) is 10.8. The molecule has 1 fully saturated rings. The summed E-state index contributed by atoms with van der Waals surface area (Å²) in [5.41, 5.74) is 0. The molecule has 0 aliphatic heterocycles. The van der Waals surface area contributed by atoms with Crippen molar-refractivity contribution in [3.05, 3.63) is 12.2 Å². The van der Waals surface area contributed by atoms with Gasteiger partial charge in [0.1, 0.15) is 0 Å². The van der Waals surface area contributed by atoms with E-state index in [0.717, 1.165) is 12.5 Å². The molecule has 2 aliphatic carbocycles. The fourth-order valence-corrected chi connectivity index (χ4v) is 2.32. The van der Waals surface area contributed by atoms with Gasteiger partial charge in [0.25, 0.3) is 0 Å². The van der Waals surface area contributed by atoms with Crippen LogP contribution >= 0.6 is 0 Å². The lowest BCUT2D eigenvalue weighted by atomic mass is 10.0.